The number of ketones is 1. The Kier molecular flexibility index (Phi) is 3.66. The fourth-order valence-corrected chi connectivity index (χ4v) is 1.93. The molecule has 0 radical (unpaired) electrons. The molecular formula is C14H20N2O2. The fraction of sp³-hybridized carbons (Fsp3) is 0.571. The lowest BCUT2D eigenvalue weighted by Gasteiger charge is -2.27. The Balaban J connectivity index is 2.12. The number of aromatic nitrogens is 1. The highest BCUT2D eigenvalue weighted by molar-refractivity contribution is 5.99. The van der Waals surface area contributed by atoms with Gasteiger partial charge >= 0.3 is 0 Å². The lowest BCUT2D eigenvalue weighted by molar-refractivity contribution is 0.0858. The number of nitrogens with zero attached hydrogens (tertiary/aromatic N) is 2. The summed E-state index contributed by atoms with van der Waals surface area (Å²) in [4.78, 5) is 18.6. The van der Waals surface area contributed by atoms with E-state index in [-0.39, 0.29) is 11.2 Å². The number of hydrogen-bond donors (Lipinski definition) is 0. The number of hydrogen-bond acceptors (Lipinski definition) is 4. The van der Waals surface area contributed by atoms with Crippen LogP contribution in [0.5, 0.6) is 0 Å². The maximum atomic E-state index is 12.1. The summed E-state index contributed by atoms with van der Waals surface area (Å²) >= 11 is 0. The summed E-state index contributed by atoms with van der Waals surface area (Å²) in [6.07, 6.45) is 1.68. The smallest absolute Gasteiger partial charge is 0.169 e. The molecule has 1 aromatic rings. The highest BCUT2D eigenvalue weighted by Crippen LogP contribution is 2.21. The van der Waals surface area contributed by atoms with Gasteiger partial charge in [-0.15, -0.1) is 0 Å². The number of morpholine rings is 1. The van der Waals surface area contributed by atoms with Crippen LogP contribution in [0.1, 0.15) is 31.1 Å². The zero-order chi connectivity index (χ0) is 13.2. The third-order valence-electron chi connectivity index (χ3n) is 3.03. The molecule has 18 heavy (non-hydrogen) atoms. The molecule has 0 unspecified atom stereocenters. The van der Waals surface area contributed by atoms with E-state index in [1.807, 2.05) is 32.9 Å². The van der Waals surface area contributed by atoms with Crippen molar-refractivity contribution in [2.24, 2.45) is 5.41 Å². The summed E-state index contributed by atoms with van der Waals surface area (Å²) < 4.78 is 5.30. The van der Waals surface area contributed by atoms with Gasteiger partial charge in [0.05, 0.1) is 13.2 Å². The minimum Gasteiger partial charge on any atom is -0.378 e. The number of ether oxygens (including phenoxy) is 1. The van der Waals surface area contributed by atoms with Crippen LogP contribution in [0, 0.1) is 5.41 Å². The number of pyridine rings is 1. The topological polar surface area (TPSA) is 42.4 Å². The zero-order valence-corrected chi connectivity index (χ0v) is 11.3. The third kappa shape index (κ3) is 2.88. The summed E-state index contributed by atoms with van der Waals surface area (Å²) in [5.74, 6) is 1.05. The van der Waals surface area contributed by atoms with E-state index in [9.17, 15) is 4.79 Å². The standard InChI is InChI=1S/C14H20N2O2/c1-14(2,3)13(17)11-4-5-12(15-10-11)16-6-8-18-9-7-16/h4-5,10H,6-9H2,1-3H3. The molecule has 0 N–H and O–H groups in total. The molecule has 0 spiro atoms. The molecule has 0 amide bonds. The minimum absolute atomic E-state index is 0.128. The van der Waals surface area contributed by atoms with Crippen molar-refractivity contribution in [3.05, 3.63) is 23.9 Å². The molecule has 4 heteroatoms. The monoisotopic (exact) mass is 248 g/mol. The Hall–Kier alpha value is -1.42. The molecule has 1 aliphatic rings. The molecule has 2 rings (SSSR count). The highest BCUT2D eigenvalue weighted by atomic mass is 16.5. The van der Waals surface area contributed by atoms with E-state index in [2.05, 4.69) is 9.88 Å². The van der Waals surface area contributed by atoms with Crippen molar-refractivity contribution >= 4 is 11.6 Å². The van der Waals surface area contributed by atoms with Gasteiger partial charge in [0, 0.05) is 30.3 Å². The molecule has 0 aliphatic carbocycles. The molecule has 4 nitrogen and oxygen atoms in total. The Labute approximate surface area is 108 Å². The lowest BCUT2D eigenvalue weighted by atomic mass is 9.87. The number of anilines is 1. The van der Waals surface area contributed by atoms with Gasteiger partial charge in [-0.25, -0.2) is 4.98 Å². The van der Waals surface area contributed by atoms with Crippen LogP contribution in [0.25, 0.3) is 0 Å². The molecule has 0 bridgehead atoms. The predicted octanol–water partition coefficient (Wildman–Crippen LogP) is 2.15. The molecule has 98 valence electrons. The van der Waals surface area contributed by atoms with E-state index in [0.29, 0.717) is 5.56 Å². The van der Waals surface area contributed by atoms with Crippen LogP contribution in [0.3, 0.4) is 0 Å². The summed E-state index contributed by atoms with van der Waals surface area (Å²) in [5.41, 5.74) is 0.321. The number of carbonyl (C=O) groups is 1. The maximum Gasteiger partial charge on any atom is 0.169 e. The highest BCUT2D eigenvalue weighted by Gasteiger charge is 2.23. The van der Waals surface area contributed by atoms with E-state index in [4.69, 9.17) is 4.74 Å². The van der Waals surface area contributed by atoms with Crippen LogP contribution in [-0.4, -0.2) is 37.1 Å². The molecule has 1 aromatic heterocycles. The third-order valence-corrected chi connectivity index (χ3v) is 3.03. The summed E-state index contributed by atoms with van der Waals surface area (Å²) in [7, 11) is 0. The Morgan fingerprint density at radius 2 is 1.94 bits per heavy atom. The van der Waals surface area contributed by atoms with Crippen LogP contribution in [0.4, 0.5) is 5.82 Å². The van der Waals surface area contributed by atoms with Crippen LogP contribution >= 0.6 is 0 Å². The summed E-state index contributed by atoms with van der Waals surface area (Å²) in [6, 6.07) is 3.79. The maximum absolute atomic E-state index is 12.1. The molecule has 2 heterocycles. The minimum atomic E-state index is -0.359. The van der Waals surface area contributed by atoms with Crippen molar-refractivity contribution in [2.45, 2.75) is 20.8 Å². The first-order chi connectivity index (χ1) is 8.48. The van der Waals surface area contributed by atoms with Gasteiger partial charge in [0.25, 0.3) is 0 Å². The van der Waals surface area contributed by atoms with Crippen LogP contribution in [0.15, 0.2) is 18.3 Å². The summed E-state index contributed by atoms with van der Waals surface area (Å²) in [5, 5.41) is 0. The van der Waals surface area contributed by atoms with Crippen LogP contribution in [-0.2, 0) is 4.74 Å². The molecular weight excluding hydrogens is 228 g/mol. The largest absolute Gasteiger partial charge is 0.378 e. The molecule has 0 aromatic carbocycles. The van der Waals surface area contributed by atoms with Gasteiger partial charge in [0.15, 0.2) is 5.78 Å². The average Bonchev–Trinajstić information content (AvgIpc) is 2.38. The van der Waals surface area contributed by atoms with Crippen molar-refractivity contribution in [3.63, 3.8) is 0 Å². The van der Waals surface area contributed by atoms with E-state index in [1.54, 1.807) is 6.20 Å². The Bertz CT molecular complexity index is 414. The van der Waals surface area contributed by atoms with Gasteiger partial charge in [-0.05, 0) is 12.1 Å². The molecule has 1 aliphatic heterocycles. The van der Waals surface area contributed by atoms with Crippen molar-refractivity contribution in [1.82, 2.24) is 4.98 Å². The number of carbonyl (C=O) groups excluding carboxylic acids is 1. The Morgan fingerprint density at radius 1 is 1.28 bits per heavy atom. The van der Waals surface area contributed by atoms with Gasteiger partial charge in [-0.2, -0.15) is 0 Å². The van der Waals surface area contributed by atoms with Gasteiger partial charge in [-0.3, -0.25) is 4.79 Å². The van der Waals surface area contributed by atoms with Crippen LogP contribution in [0.2, 0.25) is 0 Å². The van der Waals surface area contributed by atoms with E-state index < -0.39 is 0 Å². The fourth-order valence-electron chi connectivity index (χ4n) is 1.93. The first-order valence-corrected chi connectivity index (χ1v) is 6.32. The molecule has 0 saturated carbocycles. The first-order valence-electron chi connectivity index (χ1n) is 6.32. The van der Waals surface area contributed by atoms with Crippen molar-refractivity contribution < 1.29 is 9.53 Å². The second-order valence-corrected chi connectivity index (χ2v) is 5.58. The number of Topliss-reactive ketones (excluding diaryl/α,β-unsaturated/α-hetero) is 1. The van der Waals surface area contributed by atoms with Gasteiger partial charge < -0.3 is 9.64 Å². The normalized spacial score (nSPS) is 16.7. The Morgan fingerprint density at radius 3 is 2.44 bits per heavy atom. The van der Waals surface area contributed by atoms with E-state index >= 15 is 0 Å². The number of rotatable bonds is 2. The quantitative estimate of drug-likeness (QED) is 0.752. The van der Waals surface area contributed by atoms with E-state index in [0.717, 1.165) is 32.1 Å². The lowest BCUT2D eigenvalue weighted by Crippen LogP contribution is -2.36. The predicted molar refractivity (Wildman–Crippen MR) is 71.1 cm³/mol. The summed E-state index contributed by atoms with van der Waals surface area (Å²) in [6.45, 7) is 8.97. The second kappa shape index (κ2) is 5.06. The zero-order valence-electron chi connectivity index (χ0n) is 11.3. The van der Waals surface area contributed by atoms with Crippen molar-refractivity contribution in [3.8, 4) is 0 Å². The van der Waals surface area contributed by atoms with Gasteiger partial charge in [-0.1, -0.05) is 20.8 Å². The second-order valence-electron chi connectivity index (χ2n) is 5.58. The van der Waals surface area contributed by atoms with Crippen LogP contribution < -0.4 is 4.90 Å². The average molecular weight is 248 g/mol. The SMILES string of the molecule is CC(C)(C)C(=O)c1ccc(N2CCOCC2)nc1. The van der Waals surface area contributed by atoms with E-state index in [1.165, 1.54) is 0 Å². The van der Waals surface area contributed by atoms with Crippen molar-refractivity contribution in [1.29, 1.82) is 0 Å². The molecule has 1 fully saturated rings. The molecule has 0 atom stereocenters. The van der Waals surface area contributed by atoms with Gasteiger partial charge in [0.2, 0.25) is 0 Å². The molecule has 1 saturated heterocycles. The first kappa shape index (κ1) is 13.0. The van der Waals surface area contributed by atoms with Gasteiger partial charge in [0.1, 0.15) is 5.82 Å². The van der Waals surface area contributed by atoms with Crippen molar-refractivity contribution in [2.75, 3.05) is 31.2 Å².